The highest BCUT2D eigenvalue weighted by molar-refractivity contribution is 6.30. The largest absolute Gasteiger partial charge is 0.416 e. The first-order valence-corrected chi connectivity index (χ1v) is 8.54. The zero-order valence-electron chi connectivity index (χ0n) is 13.7. The number of nitrogens with one attached hydrogen (secondary N) is 1. The Morgan fingerprint density at radius 2 is 2.00 bits per heavy atom. The highest BCUT2D eigenvalue weighted by Gasteiger charge is 2.36. The number of amides is 1. The van der Waals surface area contributed by atoms with E-state index in [4.69, 9.17) is 11.6 Å². The van der Waals surface area contributed by atoms with Gasteiger partial charge in [0, 0.05) is 10.7 Å². The van der Waals surface area contributed by atoms with Gasteiger partial charge in [-0.25, -0.2) is 0 Å². The number of hydrogen-bond acceptors (Lipinski definition) is 2. The highest BCUT2D eigenvalue weighted by Crippen LogP contribution is 2.39. The Labute approximate surface area is 153 Å². The molecule has 2 aromatic rings. The molecule has 0 aromatic heterocycles. The van der Waals surface area contributed by atoms with E-state index >= 15 is 0 Å². The monoisotopic (exact) mass is 383 g/mol. The summed E-state index contributed by atoms with van der Waals surface area (Å²) in [5.74, 6) is -0.547. The fourth-order valence-corrected chi connectivity index (χ4v) is 3.55. The van der Waals surface area contributed by atoms with Gasteiger partial charge in [-0.3, -0.25) is 4.79 Å². The van der Waals surface area contributed by atoms with E-state index < -0.39 is 23.2 Å². The van der Waals surface area contributed by atoms with E-state index in [1.165, 1.54) is 12.1 Å². The Morgan fingerprint density at radius 3 is 2.73 bits per heavy atom. The van der Waals surface area contributed by atoms with Crippen LogP contribution in [0.25, 0.3) is 0 Å². The van der Waals surface area contributed by atoms with E-state index in [-0.39, 0.29) is 12.1 Å². The molecule has 0 saturated heterocycles. The topological polar surface area (TPSA) is 49.3 Å². The van der Waals surface area contributed by atoms with Crippen LogP contribution in [0.15, 0.2) is 42.5 Å². The van der Waals surface area contributed by atoms with E-state index in [1.54, 1.807) is 18.2 Å². The lowest BCUT2D eigenvalue weighted by atomic mass is 9.77. The Balaban J connectivity index is 1.77. The average molecular weight is 384 g/mol. The van der Waals surface area contributed by atoms with Crippen molar-refractivity contribution in [2.75, 3.05) is 5.32 Å². The van der Waals surface area contributed by atoms with Crippen molar-refractivity contribution in [2.45, 2.75) is 37.5 Å². The molecule has 1 aliphatic carbocycles. The minimum Gasteiger partial charge on any atom is -0.385 e. The zero-order chi connectivity index (χ0) is 18.9. The summed E-state index contributed by atoms with van der Waals surface area (Å²) in [5.41, 5.74) is -0.623. The molecule has 0 aliphatic heterocycles. The van der Waals surface area contributed by atoms with Gasteiger partial charge in [-0.1, -0.05) is 23.7 Å². The molecule has 1 atom stereocenters. The SMILES string of the molecule is O=C(CC1(O)CCCc2cc(Cl)ccc21)Nc1cccc(C(F)(F)F)c1. The third-order valence-corrected chi connectivity index (χ3v) is 4.77. The minimum atomic E-state index is -4.49. The molecule has 1 unspecified atom stereocenters. The third kappa shape index (κ3) is 4.02. The first kappa shape index (κ1) is 18.7. The van der Waals surface area contributed by atoms with Crippen LogP contribution in [0, 0.1) is 0 Å². The number of halogens is 4. The predicted octanol–water partition coefficient (Wildman–Crippen LogP) is 4.91. The smallest absolute Gasteiger partial charge is 0.385 e. The summed E-state index contributed by atoms with van der Waals surface area (Å²) in [6.45, 7) is 0. The van der Waals surface area contributed by atoms with Crippen molar-refractivity contribution in [3.63, 3.8) is 0 Å². The number of fused-ring (bicyclic) bond motifs is 1. The summed E-state index contributed by atoms with van der Waals surface area (Å²) in [7, 11) is 0. The van der Waals surface area contributed by atoms with Crippen molar-refractivity contribution in [3.8, 4) is 0 Å². The average Bonchev–Trinajstić information content (AvgIpc) is 2.53. The molecule has 3 nitrogen and oxygen atoms in total. The van der Waals surface area contributed by atoms with Gasteiger partial charge in [0.25, 0.3) is 0 Å². The molecule has 0 bridgehead atoms. The number of carbonyl (C=O) groups excluding carboxylic acids is 1. The fraction of sp³-hybridized carbons (Fsp3) is 0.316. The molecule has 0 spiro atoms. The van der Waals surface area contributed by atoms with Crippen molar-refractivity contribution in [2.24, 2.45) is 0 Å². The van der Waals surface area contributed by atoms with Gasteiger partial charge < -0.3 is 10.4 Å². The van der Waals surface area contributed by atoms with Crippen molar-refractivity contribution >= 4 is 23.2 Å². The quantitative estimate of drug-likeness (QED) is 0.791. The summed E-state index contributed by atoms with van der Waals surface area (Å²) in [5, 5.41) is 14.0. The van der Waals surface area contributed by atoms with Crippen LogP contribution < -0.4 is 5.32 Å². The molecule has 0 heterocycles. The van der Waals surface area contributed by atoms with Crippen LogP contribution >= 0.6 is 11.6 Å². The summed E-state index contributed by atoms with van der Waals surface area (Å²) in [6.07, 6.45) is -2.87. The zero-order valence-corrected chi connectivity index (χ0v) is 14.5. The molecule has 1 amide bonds. The fourth-order valence-electron chi connectivity index (χ4n) is 3.36. The molecule has 7 heteroatoms. The molecule has 2 N–H and O–H groups in total. The Hall–Kier alpha value is -2.05. The van der Waals surface area contributed by atoms with Gasteiger partial charge in [0.2, 0.25) is 5.91 Å². The summed E-state index contributed by atoms with van der Waals surface area (Å²) in [6, 6.07) is 9.54. The number of anilines is 1. The molecule has 2 aromatic carbocycles. The number of carbonyl (C=O) groups is 1. The number of hydrogen-bond donors (Lipinski definition) is 2. The summed E-state index contributed by atoms with van der Waals surface area (Å²) in [4.78, 5) is 12.3. The second-order valence-electron chi connectivity index (χ2n) is 6.49. The number of benzene rings is 2. The molecule has 26 heavy (non-hydrogen) atoms. The van der Waals surface area contributed by atoms with E-state index in [9.17, 15) is 23.1 Å². The van der Waals surface area contributed by atoms with Gasteiger partial charge in [-0.2, -0.15) is 13.2 Å². The minimum absolute atomic E-state index is 0.0422. The highest BCUT2D eigenvalue weighted by atomic mass is 35.5. The Morgan fingerprint density at radius 1 is 1.23 bits per heavy atom. The van der Waals surface area contributed by atoms with Gasteiger partial charge in [0.15, 0.2) is 0 Å². The lowest BCUT2D eigenvalue weighted by Gasteiger charge is -2.34. The van der Waals surface area contributed by atoms with E-state index in [1.807, 2.05) is 0 Å². The molecule has 0 fully saturated rings. The maximum Gasteiger partial charge on any atom is 0.416 e. The van der Waals surface area contributed by atoms with Crippen LogP contribution in [0.5, 0.6) is 0 Å². The first-order valence-electron chi connectivity index (χ1n) is 8.16. The van der Waals surface area contributed by atoms with Crippen molar-refractivity contribution in [1.29, 1.82) is 0 Å². The van der Waals surface area contributed by atoms with Gasteiger partial charge in [-0.15, -0.1) is 0 Å². The molecule has 1 aliphatic rings. The summed E-state index contributed by atoms with van der Waals surface area (Å²) < 4.78 is 38.3. The van der Waals surface area contributed by atoms with Crippen LogP contribution in [0.3, 0.4) is 0 Å². The second-order valence-corrected chi connectivity index (χ2v) is 6.93. The lowest BCUT2D eigenvalue weighted by Crippen LogP contribution is -2.35. The van der Waals surface area contributed by atoms with Crippen LogP contribution in [-0.4, -0.2) is 11.0 Å². The van der Waals surface area contributed by atoms with Crippen LogP contribution in [0.2, 0.25) is 5.02 Å². The van der Waals surface area contributed by atoms with Gasteiger partial charge in [-0.05, 0) is 60.7 Å². The van der Waals surface area contributed by atoms with Crippen LogP contribution in [0.4, 0.5) is 18.9 Å². The second kappa shape index (κ2) is 6.93. The standard InChI is InChI=1S/C19H17ClF3NO2/c20-14-6-7-16-12(9-14)3-2-8-18(16,26)11-17(25)24-15-5-1-4-13(10-15)19(21,22)23/h1,4-7,9-10,26H,2-3,8,11H2,(H,24,25). The van der Waals surface area contributed by atoms with Crippen molar-refractivity contribution in [1.82, 2.24) is 0 Å². The number of aryl methyl sites for hydroxylation is 1. The van der Waals surface area contributed by atoms with Crippen LogP contribution in [-0.2, 0) is 23.0 Å². The number of aliphatic hydroxyl groups is 1. The van der Waals surface area contributed by atoms with Crippen LogP contribution in [0.1, 0.15) is 36.0 Å². The molecule has 138 valence electrons. The van der Waals surface area contributed by atoms with E-state index in [2.05, 4.69) is 5.32 Å². The third-order valence-electron chi connectivity index (χ3n) is 4.53. The Bertz CT molecular complexity index is 838. The number of alkyl halides is 3. The first-order chi connectivity index (χ1) is 12.2. The van der Waals surface area contributed by atoms with Gasteiger partial charge >= 0.3 is 6.18 Å². The van der Waals surface area contributed by atoms with Crippen molar-refractivity contribution in [3.05, 3.63) is 64.2 Å². The summed E-state index contributed by atoms with van der Waals surface area (Å²) >= 11 is 5.98. The maximum atomic E-state index is 12.8. The normalized spacial score (nSPS) is 19.7. The predicted molar refractivity (Wildman–Crippen MR) is 93.0 cm³/mol. The number of rotatable bonds is 3. The molecule has 0 radical (unpaired) electrons. The van der Waals surface area contributed by atoms with Gasteiger partial charge in [0.1, 0.15) is 0 Å². The molecule has 0 saturated carbocycles. The molecular weight excluding hydrogens is 367 g/mol. The van der Waals surface area contributed by atoms with E-state index in [0.29, 0.717) is 23.4 Å². The van der Waals surface area contributed by atoms with Crippen molar-refractivity contribution < 1.29 is 23.1 Å². The lowest BCUT2D eigenvalue weighted by molar-refractivity contribution is -0.137. The molecule has 3 rings (SSSR count). The maximum absolute atomic E-state index is 12.8. The van der Waals surface area contributed by atoms with Gasteiger partial charge in [0.05, 0.1) is 17.6 Å². The molecular formula is C19H17ClF3NO2. The Kier molecular flexibility index (Phi) is 4.99. The van der Waals surface area contributed by atoms with E-state index in [0.717, 1.165) is 24.1 Å².